The summed E-state index contributed by atoms with van der Waals surface area (Å²) in [7, 11) is -1.12. The lowest BCUT2D eigenvalue weighted by atomic mass is 9.44. The molecule has 1 saturated heterocycles. The number of hydrogen-bond donors (Lipinski definition) is 0. The van der Waals surface area contributed by atoms with Crippen LogP contribution in [0.4, 0.5) is 0 Å². The number of hydrogen-bond acceptors (Lipinski definition) is 3. The number of piperidine rings is 1. The van der Waals surface area contributed by atoms with Crippen LogP contribution >= 0.6 is 0 Å². The van der Waals surface area contributed by atoms with Crippen LogP contribution in [-0.4, -0.2) is 38.6 Å². The van der Waals surface area contributed by atoms with Gasteiger partial charge in [0.2, 0.25) is 5.91 Å². The number of fused-ring (bicyclic) bond motifs is 5. The first-order valence-corrected chi connectivity index (χ1v) is 14.4. The first-order chi connectivity index (χ1) is 15.0. The van der Waals surface area contributed by atoms with Gasteiger partial charge in [-0.25, -0.2) is 8.42 Å². The Hall–Kier alpha value is -1.36. The number of likely N-dealkylation sites (tertiary alicyclic amines) is 1. The summed E-state index contributed by atoms with van der Waals surface area (Å²) in [5.41, 5.74) is 1.84. The van der Waals surface area contributed by atoms with Crippen LogP contribution in [0, 0.1) is 34.5 Å². The fourth-order valence-electron chi connectivity index (χ4n) is 8.96. The normalized spacial score (nSPS) is 44.0. The highest BCUT2D eigenvalue weighted by Crippen LogP contribution is 2.68. The fraction of sp³-hybridized carbons (Fsp3) is 0.741. The average molecular weight is 458 g/mol. The van der Waals surface area contributed by atoms with Crippen molar-refractivity contribution >= 4 is 15.7 Å². The van der Waals surface area contributed by atoms with Gasteiger partial charge in [0.1, 0.15) is 0 Å². The minimum Gasteiger partial charge on any atom is -0.342 e. The van der Waals surface area contributed by atoms with E-state index in [9.17, 15) is 13.2 Å². The SMILES string of the molecule is CC1C[C@H]2N(C)C(=O)CC[C@]2(C)[C@H]2CC[C@]3(C)[C@@H](c4ccc(S(C)(=O)=O)cc4)CC[C@H]3[C@H]12. The Morgan fingerprint density at radius 2 is 1.62 bits per heavy atom. The van der Waals surface area contributed by atoms with Gasteiger partial charge < -0.3 is 4.90 Å². The summed E-state index contributed by atoms with van der Waals surface area (Å²) in [5, 5.41) is 0. The molecule has 0 N–H and O–H groups in total. The van der Waals surface area contributed by atoms with Crippen LogP contribution in [0.1, 0.15) is 77.2 Å². The minimum atomic E-state index is -3.16. The second kappa shape index (κ2) is 7.32. The Bertz CT molecular complexity index is 1020. The molecule has 0 aromatic heterocycles. The van der Waals surface area contributed by atoms with Gasteiger partial charge in [0.25, 0.3) is 0 Å². The van der Waals surface area contributed by atoms with Gasteiger partial charge in [-0.15, -0.1) is 0 Å². The largest absolute Gasteiger partial charge is 0.342 e. The number of carbonyl (C=O) groups is 1. The molecule has 0 spiro atoms. The molecule has 1 heterocycles. The molecule has 3 aliphatic carbocycles. The van der Waals surface area contributed by atoms with Gasteiger partial charge in [-0.05, 0) is 96.6 Å². The Morgan fingerprint density at radius 3 is 2.28 bits per heavy atom. The summed E-state index contributed by atoms with van der Waals surface area (Å²) in [5.74, 6) is 3.64. The number of amides is 1. The van der Waals surface area contributed by atoms with Gasteiger partial charge in [-0.1, -0.05) is 32.9 Å². The molecule has 5 heteroatoms. The van der Waals surface area contributed by atoms with E-state index in [0.717, 1.165) is 24.7 Å². The monoisotopic (exact) mass is 457 g/mol. The van der Waals surface area contributed by atoms with Crippen molar-refractivity contribution in [3.63, 3.8) is 0 Å². The molecular weight excluding hydrogens is 418 g/mol. The first-order valence-electron chi connectivity index (χ1n) is 12.5. The van der Waals surface area contributed by atoms with E-state index >= 15 is 0 Å². The molecule has 0 radical (unpaired) electrons. The van der Waals surface area contributed by atoms with E-state index in [0.29, 0.717) is 41.0 Å². The Morgan fingerprint density at radius 1 is 0.969 bits per heavy atom. The molecule has 4 nitrogen and oxygen atoms in total. The Balaban J connectivity index is 1.45. The Labute approximate surface area is 194 Å². The van der Waals surface area contributed by atoms with Crippen LogP contribution in [0.2, 0.25) is 0 Å². The van der Waals surface area contributed by atoms with Crippen LogP contribution in [0.25, 0.3) is 0 Å². The van der Waals surface area contributed by atoms with E-state index < -0.39 is 9.84 Å². The maximum atomic E-state index is 12.5. The summed E-state index contributed by atoms with van der Waals surface area (Å²) >= 11 is 0. The lowest BCUT2D eigenvalue weighted by molar-refractivity contribution is -0.165. The zero-order valence-electron chi connectivity index (χ0n) is 20.3. The maximum absolute atomic E-state index is 12.5. The third-order valence-corrected chi connectivity index (χ3v) is 11.8. The molecule has 5 rings (SSSR count). The van der Waals surface area contributed by atoms with Crippen molar-refractivity contribution in [2.75, 3.05) is 13.3 Å². The molecular formula is C27H39NO3S. The van der Waals surface area contributed by atoms with Gasteiger partial charge in [0.05, 0.1) is 4.90 Å². The quantitative estimate of drug-likeness (QED) is 0.607. The van der Waals surface area contributed by atoms with Gasteiger partial charge in [0.15, 0.2) is 9.84 Å². The van der Waals surface area contributed by atoms with Crippen molar-refractivity contribution in [1.29, 1.82) is 0 Å². The van der Waals surface area contributed by atoms with E-state index in [4.69, 9.17) is 0 Å². The summed E-state index contributed by atoms with van der Waals surface area (Å²) in [6, 6.07) is 8.15. The third-order valence-electron chi connectivity index (χ3n) is 10.6. The molecule has 1 unspecified atom stereocenters. The predicted octanol–water partition coefficient (Wildman–Crippen LogP) is 5.28. The zero-order chi connectivity index (χ0) is 23.1. The van der Waals surface area contributed by atoms with E-state index in [1.54, 1.807) is 12.1 Å². The van der Waals surface area contributed by atoms with Crippen LogP contribution in [0.15, 0.2) is 29.2 Å². The summed E-state index contributed by atoms with van der Waals surface area (Å²) in [6.45, 7) is 7.46. The number of nitrogens with zero attached hydrogens (tertiary/aromatic N) is 1. The van der Waals surface area contributed by atoms with Crippen molar-refractivity contribution < 1.29 is 13.2 Å². The minimum absolute atomic E-state index is 0.246. The highest BCUT2D eigenvalue weighted by molar-refractivity contribution is 7.90. The van der Waals surface area contributed by atoms with Crippen LogP contribution < -0.4 is 0 Å². The molecule has 1 amide bonds. The molecule has 1 aliphatic heterocycles. The summed E-state index contributed by atoms with van der Waals surface area (Å²) in [4.78, 5) is 15.0. The molecule has 3 saturated carbocycles. The van der Waals surface area contributed by atoms with Crippen LogP contribution in [-0.2, 0) is 14.6 Å². The fourth-order valence-corrected chi connectivity index (χ4v) is 9.59. The molecule has 4 aliphatic rings. The standard InChI is InChI=1S/C27H39NO3S/c1-17-16-23-27(3,15-13-24(29)28(23)4)22-12-14-26(2)20(10-11-21(26)25(17)22)18-6-8-19(9-7-18)32(5,30)31/h6-9,17,20-23,25H,10-16H2,1-5H3/t17?,20-,21+,22+,23-,25+,26-,27-/m1/s1. The lowest BCUT2D eigenvalue weighted by Crippen LogP contribution is -2.63. The molecule has 1 aromatic rings. The molecule has 1 aromatic carbocycles. The number of sulfone groups is 1. The van der Waals surface area contributed by atoms with Gasteiger partial charge in [-0.3, -0.25) is 4.79 Å². The number of carbonyl (C=O) groups excluding carboxylic acids is 1. The molecule has 4 fully saturated rings. The van der Waals surface area contributed by atoms with Crippen LogP contribution in [0.5, 0.6) is 0 Å². The van der Waals surface area contributed by atoms with E-state index in [2.05, 4.69) is 37.8 Å². The first kappa shape index (κ1) is 22.4. The second-order valence-electron chi connectivity index (χ2n) is 12.0. The highest BCUT2D eigenvalue weighted by Gasteiger charge is 2.62. The molecule has 0 bridgehead atoms. The smallest absolute Gasteiger partial charge is 0.222 e. The number of rotatable bonds is 2. The molecule has 8 atom stereocenters. The Kier molecular flexibility index (Phi) is 5.13. The van der Waals surface area contributed by atoms with Crippen molar-refractivity contribution in [3.8, 4) is 0 Å². The maximum Gasteiger partial charge on any atom is 0.222 e. The van der Waals surface area contributed by atoms with Gasteiger partial charge in [-0.2, -0.15) is 0 Å². The summed E-state index contributed by atoms with van der Waals surface area (Å²) < 4.78 is 23.8. The topological polar surface area (TPSA) is 54.5 Å². The van der Waals surface area contributed by atoms with Crippen molar-refractivity contribution in [2.45, 2.75) is 82.6 Å². The number of benzene rings is 1. The summed E-state index contributed by atoms with van der Waals surface area (Å²) in [6.07, 6.45) is 9.15. The molecule has 176 valence electrons. The highest BCUT2D eigenvalue weighted by atomic mass is 32.2. The molecule has 32 heavy (non-hydrogen) atoms. The zero-order valence-corrected chi connectivity index (χ0v) is 21.1. The predicted molar refractivity (Wildman–Crippen MR) is 127 cm³/mol. The van der Waals surface area contributed by atoms with E-state index in [1.165, 1.54) is 37.5 Å². The average Bonchev–Trinajstić information content (AvgIpc) is 3.09. The van der Waals surface area contributed by atoms with Crippen molar-refractivity contribution in [2.24, 2.45) is 34.5 Å². The van der Waals surface area contributed by atoms with Crippen molar-refractivity contribution in [3.05, 3.63) is 29.8 Å². The van der Waals surface area contributed by atoms with Gasteiger partial charge >= 0.3 is 0 Å². The lowest BCUT2D eigenvalue weighted by Gasteiger charge is -2.63. The van der Waals surface area contributed by atoms with Gasteiger partial charge in [0, 0.05) is 25.8 Å². The van der Waals surface area contributed by atoms with Crippen molar-refractivity contribution in [1.82, 2.24) is 4.90 Å². The second-order valence-corrected chi connectivity index (χ2v) is 14.1. The van der Waals surface area contributed by atoms with E-state index in [1.807, 2.05) is 7.05 Å². The van der Waals surface area contributed by atoms with Crippen LogP contribution in [0.3, 0.4) is 0 Å². The van der Waals surface area contributed by atoms with E-state index in [-0.39, 0.29) is 10.8 Å². The third kappa shape index (κ3) is 3.13.